The number of hydrogen-bond acceptors (Lipinski definition) is 3. The first-order valence-corrected chi connectivity index (χ1v) is 6.91. The lowest BCUT2D eigenvalue weighted by Crippen LogP contribution is -2.47. The van der Waals surface area contributed by atoms with Crippen LogP contribution in [0, 0.1) is 6.92 Å². The molecule has 0 amide bonds. The van der Waals surface area contributed by atoms with E-state index in [0.717, 1.165) is 36.5 Å². The van der Waals surface area contributed by atoms with Crippen LogP contribution in [-0.4, -0.2) is 18.8 Å². The highest BCUT2D eigenvalue weighted by atomic mass is 35.5. The Kier molecular flexibility index (Phi) is 5.01. The van der Waals surface area contributed by atoms with Crippen molar-refractivity contribution in [2.75, 3.05) is 6.61 Å². The van der Waals surface area contributed by atoms with Crippen LogP contribution < -0.4 is 11.3 Å². The van der Waals surface area contributed by atoms with Crippen molar-refractivity contribution in [3.63, 3.8) is 0 Å². The Morgan fingerprint density at radius 2 is 2.33 bits per heavy atom. The van der Waals surface area contributed by atoms with Crippen molar-refractivity contribution in [3.8, 4) is 0 Å². The molecule has 4 heteroatoms. The molecule has 0 aliphatic carbocycles. The first kappa shape index (κ1) is 13.8. The van der Waals surface area contributed by atoms with E-state index in [0.29, 0.717) is 0 Å². The number of aryl methyl sites for hydroxylation is 1. The highest BCUT2D eigenvalue weighted by molar-refractivity contribution is 6.31. The summed E-state index contributed by atoms with van der Waals surface area (Å²) in [6, 6.07) is 6.28. The van der Waals surface area contributed by atoms with Crippen molar-refractivity contribution < 1.29 is 4.74 Å². The minimum Gasteiger partial charge on any atom is -0.377 e. The number of hydrogen-bond donors (Lipinski definition) is 2. The smallest absolute Gasteiger partial charge is 0.0744 e. The third-order valence-corrected chi connectivity index (χ3v) is 3.88. The lowest BCUT2D eigenvalue weighted by molar-refractivity contribution is -0.00743. The fourth-order valence-electron chi connectivity index (χ4n) is 2.44. The maximum Gasteiger partial charge on any atom is 0.0744 e. The van der Waals surface area contributed by atoms with Crippen molar-refractivity contribution in [2.45, 2.75) is 44.8 Å². The predicted octanol–water partition coefficient (Wildman–Crippen LogP) is 2.59. The molecule has 0 saturated carbocycles. The van der Waals surface area contributed by atoms with Crippen molar-refractivity contribution >= 4 is 11.6 Å². The first-order valence-electron chi connectivity index (χ1n) is 6.53. The summed E-state index contributed by atoms with van der Waals surface area (Å²) in [5, 5.41) is 0.811. The summed E-state index contributed by atoms with van der Waals surface area (Å²) in [4.78, 5) is 0. The third kappa shape index (κ3) is 3.45. The molecule has 1 aromatic rings. The summed E-state index contributed by atoms with van der Waals surface area (Å²) in [5.74, 6) is 5.66. The largest absolute Gasteiger partial charge is 0.377 e. The van der Waals surface area contributed by atoms with Crippen LogP contribution >= 0.6 is 11.6 Å². The molecule has 3 N–H and O–H groups in total. The summed E-state index contributed by atoms with van der Waals surface area (Å²) in [5.41, 5.74) is 5.18. The molecule has 1 heterocycles. The summed E-state index contributed by atoms with van der Waals surface area (Å²) < 4.78 is 5.78. The number of ether oxygens (including phenoxy) is 1. The molecule has 18 heavy (non-hydrogen) atoms. The predicted molar refractivity (Wildman–Crippen MR) is 74.6 cm³/mol. The van der Waals surface area contributed by atoms with Crippen molar-refractivity contribution in [1.82, 2.24) is 5.43 Å². The van der Waals surface area contributed by atoms with Gasteiger partial charge in [0.2, 0.25) is 0 Å². The molecule has 0 spiro atoms. The van der Waals surface area contributed by atoms with Crippen LogP contribution in [0.5, 0.6) is 0 Å². The Hall–Kier alpha value is -0.610. The van der Waals surface area contributed by atoms with Gasteiger partial charge in [0.25, 0.3) is 0 Å². The monoisotopic (exact) mass is 268 g/mol. The topological polar surface area (TPSA) is 47.3 Å². The summed E-state index contributed by atoms with van der Waals surface area (Å²) in [6.45, 7) is 2.88. The van der Waals surface area contributed by atoms with Gasteiger partial charge in [-0.05, 0) is 49.8 Å². The molecule has 1 fully saturated rings. The van der Waals surface area contributed by atoms with Crippen LogP contribution in [-0.2, 0) is 11.2 Å². The standard InChI is InChI=1S/C14H21ClN2O/c1-10-5-6-11(12(15)8-10)9-13(17-16)14-4-2-3-7-18-14/h5-6,8,13-14,17H,2-4,7,9,16H2,1H3. The number of benzene rings is 1. The molecular weight excluding hydrogens is 248 g/mol. The molecule has 1 aliphatic heterocycles. The number of nitrogens with one attached hydrogen (secondary N) is 1. The van der Waals surface area contributed by atoms with Gasteiger partial charge in [0.05, 0.1) is 12.1 Å². The van der Waals surface area contributed by atoms with E-state index in [9.17, 15) is 0 Å². The van der Waals surface area contributed by atoms with E-state index in [2.05, 4.69) is 17.6 Å². The van der Waals surface area contributed by atoms with E-state index in [1.54, 1.807) is 0 Å². The van der Waals surface area contributed by atoms with E-state index < -0.39 is 0 Å². The molecule has 1 saturated heterocycles. The lowest BCUT2D eigenvalue weighted by atomic mass is 9.96. The second-order valence-corrected chi connectivity index (χ2v) is 5.38. The van der Waals surface area contributed by atoms with Crippen LogP contribution in [0.15, 0.2) is 18.2 Å². The molecule has 1 aliphatic rings. The highest BCUT2D eigenvalue weighted by Gasteiger charge is 2.24. The maximum atomic E-state index is 6.26. The fourth-order valence-corrected chi connectivity index (χ4v) is 2.75. The summed E-state index contributed by atoms with van der Waals surface area (Å²) in [7, 11) is 0. The minimum atomic E-state index is 0.130. The molecule has 0 radical (unpaired) electrons. The molecule has 0 bridgehead atoms. The molecule has 3 nitrogen and oxygen atoms in total. The molecule has 2 atom stereocenters. The maximum absolute atomic E-state index is 6.26. The Morgan fingerprint density at radius 1 is 1.50 bits per heavy atom. The zero-order valence-electron chi connectivity index (χ0n) is 10.8. The number of halogens is 1. The minimum absolute atomic E-state index is 0.130. The second-order valence-electron chi connectivity index (χ2n) is 4.98. The third-order valence-electron chi connectivity index (χ3n) is 3.53. The van der Waals surface area contributed by atoms with Crippen LogP contribution in [0.2, 0.25) is 5.02 Å². The van der Waals surface area contributed by atoms with E-state index in [1.165, 1.54) is 12.0 Å². The summed E-state index contributed by atoms with van der Waals surface area (Å²) in [6.07, 6.45) is 4.43. The van der Waals surface area contributed by atoms with Crippen LogP contribution in [0.25, 0.3) is 0 Å². The molecular formula is C14H21ClN2O. The van der Waals surface area contributed by atoms with Gasteiger partial charge in [-0.2, -0.15) is 0 Å². The van der Waals surface area contributed by atoms with Gasteiger partial charge in [0.1, 0.15) is 0 Å². The fraction of sp³-hybridized carbons (Fsp3) is 0.571. The number of nitrogens with two attached hydrogens (primary N) is 1. The Balaban J connectivity index is 2.04. The van der Waals surface area contributed by atoms with Gasteiger partial charge in [0, 0.05) is 11.6 Å². The zero-order chi connectivity index (χ0) is 13.0. The van der Waals surface area contributed by atoms with E-state index >= 15 is 0 Å². The second kappa shape index (κ2) is 6.53. The summed E-state index contributed by atoms with van der Waals surface area (Å²) >= 11 is 6.26. The van der Waals surface area contributed by atoms with Crippen LogP contribution in [0.3, 0.4) is 0 Å². The van der Waals surface area contributed by atoms with E-state index in [1.807, 2.05) is 13.0 Å². The van der Waals surface area contributed by atoms with E-state index in [4.69, 9.17) is 22.2 Å². The van der Waals surface area contributed by atoms with Crippen molar-refractivity contribution in [3.05, 3.63) is 34.3 Å². The van der Waals surface area contributed by atoms with Gasteiger partial charge in [-0.25, -0.2) is 0 Å². The number of hydrazine groups is 1. The van der Waals surface area contributed by atoms with Crippen LogP contribution in [0.1, 0.15) is 30.4 Å². The van der Waals surface area contributed by atoms with Crippen molar-refractivity contribution in [2.24, 2.45) is 5.84 Å². The molecule has 1 aromatic carbocycles. The number of rotatable bonds is 4. The molecule has 2 rings (SSSR count). The zero-order valence-corrected chi connectivity index (χ0v) is 11.5. The van der Waals surface area contributed by atoms with Crippen molar-refractivity contribution in [1.29, 1.82) is 0 Å². The first-order chi connectivity index (χ1) is 8.70. The lowest BCUT2D eigenvalue weighted by Gasteiger charge is -2.30. The van der Waals surface area contributed by atoms with E-state index in [-0.39, 0.29) is 12.1 Å². The Labute approximate surface area is 114 Å². The Bertz CT molecular complexity index is 391. The molecule has 100 valence electrons. The quantitative estimate of drug-likeness (QED) is 0.652. The van der Waals surface area contributed by atoms with Crippen LogP contribution in [0.4, 0.5) is 0 Å². The highest BCUT2D eigenvalue weighted by Crippen LogP contribution is 2.23. The van der Waals surface area contributed by atoms with Gasteiger partial charge in [-0.3, -0.25) is 11.3 Å². The van der Waals surface area contributed by atoms with Gasteiger partial charge in [-0.15, -0.1) is 0 Å². The average molecular weight is 269 g/mol. The van der Waals surface area contributed by atoms with Gasteiger partial charge >= 0.3 is 0 Å². The SMILES string of the molecule is Cc1ccc(CC(NN)C2CCCCO2)c(Cl)c1. The normalized spacial score (nSPS) is 21.8. The molecule has 2 unspecified atom stereocenters. The Morgan fingerprint density at radius 3 is 2.94 bits per heavy atom. The van der Waals surface area contributed by atoms with Gasteiger partial charge < -0.3 is 4.74 Å². The average Bonchev–Trinajstić information content (AvgIpc) is 2.39. The molecule has 0 aromatic heterocycles. The van der Waals surface area contributed by atoms with Gasteiger partial charge in [-0.1, -0.05) is 23.7 Å². The van der Waals surface area contributed by atoms with Gasteiger partial charge in [0.15, 0.2) is 0 Å².